The van der Waals surface area contributed by atoms with Gasteiger partial charge in [-0.15, -0.1) is 0 Å². The quantitative estimate of drug-likeness (QED) is 0.373. The summed E-state index contributed by atoms with van der Waals surface area (Å²) in [5.41, 5.74) is -7.48. The molecule has 7 nitrogen and oxygen atoms in total. The molecule has 0 radical (unpaired) electrons. The second-order valence-corrected chi connectivity index (χ2v) is 10.7. The predicted molar refractivity (Wildman–Crippen MR) is 93.1 cm³/mol. The van der Waals surface area contributed by atoms with E-state index in [1.165, 1.54) is 0 Å². The SMILES string of the molecule is CC(CO)[C@@]1(O)[C@H](O)[C@@H]2[C@@]3(O)[C@@H]4O[C@@](O)(C[C@@]2(C)[C@@]2(O)CC[C@@H](C)[C@@H]42)[C@]31C. The molecule has 4 aliphatic carbocycles. The van der Waals surface area contributed by atoms with Gasteiger partial charge in [0.1, 0.15) is 11.2 Å². The van der Waals surface area contributed by atoms with Crippen LogP contribution in [-0.4, -0.2) is 72.0 Å². The van der Waals surface area contributed by atoms with Crippen molar-refractivity contribution in [2.45, 2.75) is 81.8 Å². The molecule has 27 heavy (non-hydrogen) atoms. The van der Waals surface area contributed by atoms with E-state index in [1.54, 1.807) is 13.8 Å². The van der Waals surface area contributed by atoms with Crippen LogP contribution in [0, 0.1) is 34.5 Å². The molecule has 5 aliphatic rings. The third-order valence-corrected chi connectivity index (χ3v) is 10.2. The van der Waals surface area contributed by atoms with Gasteiger partial charge in [-0.25, -0.2) is 0 Å². The van der Waals surface area contributed by atoms with Crippen LogP contribution in [0.3, 0.4) is 0 Å². The molecule has 154 valence electrons. The Kier molecular flexibility index (Phi) is 3.16. The Morgan fingerprint density at radius 1 is 1.15 bits per heavy atom. The van der Waals surface area contributed by atoms with E-state index < -0.39 is 70.0 Å². The Bertz CT molecular complexity index is 716. The van der Waals surface area contributed by atoms with Crippen LogP contribution in [-0.2, 0) is 4.74 Å². The highest BCUT2D eigenvalue weighted by molar-refractivity contribution is 5.43. The molecule has 1 saturated heterocycles. The molecule has 1 unspecified atom stereocenters. The summed E-state index contributed by atoms with van der Waals surface area (Å²) in [5, 5.41) is 68.6. The van der Waals surface area contributed by atoms with Crippen molar-refractivity contribution in [2.75, 3.05) is 6.61 Å². The van der Waals surface area contributed by atoms with Gasteiger partial charge in [0.2, 0.25) is 0 Å². The molecule has 0 amide bonds. The largest absolute Gasteiger partial charge is 0.396 e. The lowest BCUT2D eigenvalue weighted by atomic mass is 9.41. The Hall–Kier alpha value is -0.280. The number of hydrogen-bond donors (Lipinski definition) is 6. The lowest BCUT2D eigenvalue weighted by Crippen LogP contribution is -2.77. The number of aliphatic hydroxyl groups excluding tert-OH is 2. The van der Waals surface area contributed by atoms with Crippen LogP contribution in [0.25, 0.3) is 0 Å². The van der Waals surface area contributed by atoms with Crippen molar-refractivity contribution >= 4 is 0 Å². The number of aliphatic hydroxyl groups is 6. The molecular weight excluding hydrogens is 352 g/mol. The summed E-state index contributed by atoms with van der Waals surface area (Å²) in [6.45, 7) is 6.59. The molecule has 0 aromatic carbocycles. The van der Waals surface area contributed by atoms with Crippen LogP contribution < -0.4 is 0 Å². The molecule has 6 N–H and O–H groups in total. The number of ether oxygens (including phenoxy) is 1. The summed E-state index contributed by atoms with van der Waals surface area (Å²) in [4.78, 5) is 0. The summed E-state index contributed by atoms with van der Waals surface area (Å²) in [6, 6.07) is 0. The van der Waals surface area contributed by atoms with Gasteiger partial charge >= 0.3 is 0 Å². The number of hydrogen-bond acceptors (Lipinski definition) is 7. The predicted octanol–water partition coefficient (Wildman–Crippen LogP) is -0.638. The average Bonchev–Trinajstić information content (AvgIpc) is 2.97. The molecule has 5 bridgehead atoms. The highest BCUT2D eigenvalue weighted by Crippen LogP contribution is 2.83. The molecule has 0 spiro atoms. The van der Waals surface area contributed by atoms with E-state index in [4.69, 9.17) is 4.74 Å². The van der Waals surface area contributed by atoms with Gasteiger partial charge < -0.3 is 35.4 Å². The lowest BCUT2D eigenvalue weighted by Gasteiger charge is -2.64. The fourth-order valence-electron chi connectivity index (χ4n) is 8.76. The molecule has 0 aromatic heterocycles. The molecule has 0 aromatic rings. The van der Waals surface area contributed by atoms with Crippen LogP contribution in [0.4, 0.5) is 0 Å². The summed E-state index contributed by atoms with van der Waals surface area (Å²) in [7, 11) is 0. The smallest absolute Gasteiger partial charge is 0.177 e. The van der Waals surface area contributed by atoms with Crippen molar-refractivity contribution in [3.05, 3.63) is 0 Å². The normalized spacial score (nSPS) is 69.8. The Balaban J connectivity index is 1.85. The van der Waals surface area contributed by atoms with E-state index in [-0.39, 0.29) is 12.3 Å². The maximum absolute atomic E-state index is 12.1. The maximum Gasteiger partial charge on any atom is 0.177 e. The van der Waals surface area contributed by atoms with Crippen molar-refractivity contribution in [1.82, 2.24) is 0 Å². The standard InChI is InChI=1S/C20H32O7/c1-9-5-6-17(23)11(9)14-20(26)12-13(22)19(25,10(2)7-21)16(20,4)18(24,27-14)8-15(12,17)3/h9-14,21-26H,5-8H2,1-4H3/t9-,10?,11+,12+,13-,14-,15-,16+,17-,18+,19-,20-/m1/s1. The zero-order valence-electron chi connectivity index (χ0n) is 16.4. The number of fused-ring (bicyclic) bond motifs is 3. The Labute approximate surface area is 159 Å². The molecule has 1 aliphatic heterocycles. The minimum atomic E-state index is -1.96. The van der Waals surface area contributed by atoms with Gasteiger partial charge in [-0.3, -0.25) is 0 Å². The molecule has 1 heterocycles. The third-order valence-electron chi connectivity index (χ3n) is 10.2. The van der Waals surface area contributed by atoms with Gasteiger partial charge in [0.05, 0.1) is 23.2 Å². The maximum atomic E-state index is 12.1. The molecule has 5 rings (SSSR count). The first-order chi connectivity index (χ1) is 12.3. The average molecular weight is 384 g/mol. The van der Waals surface area contributed by atoms with Crippen molar-refractivity contribution in [3.8, 4) is 0 Å². The summed E-state index contributed by atoms with van der Waals surface area (Å²) in [5.74, 6) is -3.88. The molecule has 4 saturated carbocycles. The van der Waals surface area contributed by atoms with Crippen molar-refractivity contribution in [3.63, 3.8) is 0 Å². The molecule has 12 atom stereocenters. The molecule has 5 fully saturated rings. The van der Waals surface area contributed by atoms with E-state index in [9.17, 15) is 30.6 Å². The van der Waals surface area contributed by atoms with Gasteiger partial charge in [-0.05, 0) is 25.7 Å². The summed E-state index contributed by atoms with van der Waals surface area (Å²) in [6.07, 6.45) is -0.972. The molecule has 7 heteroatoms. The molecular formula is C20H32O7. The van der Waals surface area contributed by atoms with Crippen LogP contribution in [0.2, 0.25) is 0 Å². The van der Waals surface area contributed by atoms with E-state index in [2.05, 4.69) is 0 Å². The van der Waals surface area contributed by atoms with Crippen molar-refractivity contribution in [1.29, 1.82) is 0 Å². The highest BCUT2D eigenvalue weighted by Gasteiger charge is 2.97. The fraction of sp³-hybridized carbons (Fsp3) is 1.00. The van der Waals surface area contributed by atoms with E-state index in [1.807, 2.05) is 13.8 Å². The Morgan fingerprint density at radius 2 is 1.78 bits per heavy atom. The second kappa shape index (κ2) is 4.56. The van der Waals surface area contributed by atoms with Crippen molar-refractivity contribution < 1.29 is 35.4 Å². The monoisotopic (exact) mass is 384 g/mol. The summed E-state index contributed by atoms with van der Waals surface area (Å²) >= 11 is 0. The first kappa shape index (κ1) is 18.7. The Morgan fingerprint density at radius 3 is 2.37 bits per heavy atom. The third kappa shape index (κ3) is 1.37. The fourth-order valence-corrected chi connectivity index (χ4v) is 8.76. The van der Waals surface area contributed by atoms with E-state index in [0.717, 1.165) is 6.42 Å². The van der Waals surface area contributed by atoms with Gasteiger partial charge in [-0.1, -0.05) is 20.8 Å². The van der Waals surface area contributed by atoms with E-state index >= 15 is 0 Å². The van der Waals surface area contributed by atoms with E-state index in [0.29, 0.717) is 6.42 Å². The highest BCUT2D eigenvalue weighted by atomic mass is 16.7. The van der Waals surface area contributed by atoms with Crippen LogP contribution in [0.1, 0.15) is 47.0 Å². The lowest BCUT2D eigenvalue weighted by molar-refractivity contribution is -0.321. The minimum absolute atomic E-state index is 0.0250. The number of rotatable bonds is 2. The zero-order chi connectivity index (χ0) is 20.0. The van der Waals surface area contributed by atoms with Gasteiger partial charge in [0, 0.05) is 36.2 Å². The second-order valence-electron chi connectivity index (χ2n) is 10.7. The van der Waals surface area contributed by atoms with Gasteiger partial charge in [0.25, 0.3) is 0 Å². The van der Waals surface area contributed by atoms with Crippen LogP contribution in [0.5, 0.6) is 0 Å². The van der Waals surface area contributed by atoms with Crippen LogP contribution in [0.15, 0.2) is 0 Å². The van der Waals surface area contributed by atoms with Crippen LogP contribution >= 0.6 is 0 Å². The van der Waals surface area contributed by atoms with Gasteiger partial charge in [0.15, 0.2) is 5.79 Å². The van der Waals surface area contributed by atoms with Gasteiger partial charge in [-0.2, -0.15) is 0 Å². The summed E-state index contributed by atoms with van der Waals surface area (Å²) < 4.78 is 6.15. The minimum Gasteiger partial charge on any atom is -0.396 e. The first-order valence-electron chi connectivity index (χ1n) is 10.2. The zero-order valence-corrected chi connectivity index (χ0v) is 16.4. The topological polar surface area (TPSA) is 131 Å². The first-order valence-corrected chi connectivity index (χ1v) is 10.2. The van der Waals surface area contributed by atoms with Crippen molar-refractivity contribution in [2.24, 2.45) is 34.5 Å².